The fraction of sp³-hybridized carbons (Fsp3) is 0.412. The average molecular weight is 314 g/mol. The van der Waals surface area contributed by atoms with Crippen molar-refractivity contribution in [2.24, 2.45) is 0 Å². The van der Waals surface area contributed by atoms with Crippen molar-refractivity contribution in [1.82, 2.24) is 15.1 Å². The van der Waals surface area contributed by atoms with E-state index >= 15 is 0 Å². The van der Waals surface area contributed by atoms with Crippen molar-refractivity contribution in [3.05, 3.63) is 54.2 Å². The van der Waals surface area contributed by atoms with E-state index in [2.05, 4.69) is 20.4 Å². The first-order valence-corrected chi connectivity index (χ1v) is 7.90. The first-order valence-electron chi connectivity index (χ1n) is 7.90. The zero-order valence-corrected chi connectivity index (χ0v) is 13.0. The molecule has 0 bridgehead atoms. The standard InChI is InChI=1S/C17H22N4O2/c22-16(14-5-2-1-3-6-14)13-21-9-10-23-15(12-21)11-18-17-7-4-8-19-20-17/h1-8,15-16,22H,9-13H2,(H,18,20)/t15-,16+/m0/s1. The molecule has 2 heterocycles. The van der Waals surface area contributed by atoms with E-state index in [9.17, 15) is 5.11 Å². The van der Waals surface area contributed by atoms with Gasteiger partial charge >= 0.3 is 0 Å². The van der Waals surface area contributed by atoms with Gasteiger partial charge in [-0.1, -0.05) is 30.3 Å². The molecule has 1 aliphatic rings. The van der Waals surface area contributed by atoms with Gasteiger partial charge < -0.3 is 15.2 Å². The van der Waals surface area contributed by atoms with Crippen molar-refractivity contribution in [3.63, 3.8) is 0 Å². The normalized spacial score (nSPS) is 20.1. The highest BCUT2D eigenvalue weighted by Crippen LogP contribution is 2.16. The van der Waals surface area contributed by atoms with Crippen molar-refractivity contribution < 1.29 is 9.84 Å². The van der Waals surface area contributed by atoms with Crippen LogP contribution < -0.4 is 5.32 Å². The van der Waals surface area contributed by atoms with E-state index in [1.165, 1.54) is 0 Å². The number of nitrogens with zero attached hydrogens (tertiary/aromatic N) is 3. The van der Waals surface area contributed by atoms with Crippen LogP contribution >= 0.6 is 0 Å². The summed E-state index contributed by atoms with van der Waals surface area (Å²) in [6.45, 7) is 3.60. The van der Waals surface area contributed by atoms with Gasteiger partial charge in [-0.25, -0.2) is 0 Å². The van der Waals surface area contributed by atoms with Crippen LogP contribution in [0.1, 0.15) is 11.7 Å². The maximum atomic E-state index is 10.4. The third-order valence-electron chi connectivity index (χ3n) is 3.92. The average Bonchev–Trinajstić information content (AvgIpc) is 2.62. The van der Waals surface area contributed by atoms with Crippen LogP contribution in [0.2, 0.25) is 0 Å². The van der Waals surface area contributed by atoms with Crippen LogP contribution in [0, 0.1) is 0 Å². The summed E-state index contributed by atoms with van der Waals surface area (Å²) in [4.78, 5) is 2.24. The van der Waals surface area contributed by atoms with Gasteiger partial charge in [0.25, 0.3) is 0 Å². The molecule has 122 valence electrons. The molecular formula is C17H22N4O2. The van der Waals surface area contributed by atoms with Crippen molar-refractivity contribution in [2.45, 2.75) is 12.2 Å². The lowest BCUT2D eigenvalue weighted by atomic mass is 10.1. The van der Waals surface area contributed by atoms with Crippen LogP contribution in [0.4, 0.5) is 5.82 Å². The first-order chi connectivity index (χ1) is 11.3. The van der Waals surface area contributed by atoms with Crippen molar-refractivity contribution >= 4 is 5.82 Å². The van der Waals surface area contributed by atoms with E-state index in [-0.39, 0.29) is 6.10 Å². The Hall–Kier alpha value is -2.02. The van der Waals surface area contributed by atoms with Crippen LogP contribution in [0.15, 0.2) is 48.7 Å². The number of β-amino-alcohol motifs (C(OH)–C–C–N with tert-alkyl or cyclic N) is 1. The van der Waals surface area contributed by atoms with Crippen LogP contribution in [-0.2, 0) is 4.74 Å². The number of rotatable bonds is 6. The Labute approximate surface area is 136 Å². The van der Waals surface area contributed by atoms with Gasteiger partial charge in [-0.3, -0.25) is 4.90 Å². The number of aliphatic hydroxyl groups excluding tert-OH is 1. The molecule has 2 aromatic rings. The van der Waals surface area contributed by atoms with Gasteiger partial charge in [0.05, 0.1) is 18.8 Å². The Kier molecular flexibility index (Phi) is 5.52. The Morgan fingerprint density at radius 1 is 1.26 bits per heavy atom. The molecule has 0 spiro atoms. The molecule has 0 saturated carbocycles. The Balaban J connectivity index is 1.48. The third-order valence-corrected chi connectivity index (χ3v) is 3.92. The minimum absolute atomic E-state index is 0.0775. The fourth-order valence-corrected chi connectivity index (χ4v) is 2.71. The fourth-order valence-electron chi connectivity index (χ4n) is 2.71. The minimum atomic E-state index is -0.470. The van der Waals surface area contributed by atoms with Gasteiger partial charge in [0.15, 0.2) is 0 Å². The zero-order chi connectivity index (χ0) is 15.9. The third kappa shape index (κ3) is 4.72. The molecule has 2 N–H and O–H groups in total. The van der Waals surface area contributed by atoms with Gasteiger partial charge in [-0.2, -0.15) is 5.10 Å². The predicted molar refractivity (Wildman–Crippen MR) is 88.1 cm³/mol. The van der Waals surface area contributed by atoms with Gasteiger partial charge in [-0.15, -0.1) is 5.10 Å². The maximum Gasteiger partial charge on any atom is 0.148 e. The highest BCUT2D eigenvalue weighted by molar-refractivity contribution is 5.31. The molecular weight excluding hydrogens is 292 g/mol. The number of hydrogen-bond donors (Lipinski definition) is 2. The summed E-state index contributed by atoms with van der Waals surface area (Å²) in [5.74, 6) is 0.748. The SMILES string of the molecule is O[C@H](CN1CCO[C@@H](CNc2cccnn2)C1)c1ccccc1. The molecule has 1 fully saturated rings. The predicted octanol–water partition coefficient (Wildman–Crippen LogP) is 1.32. The Morgan fingerprint density at radius 2 is 2.13 bits per heavy atom. The van der Waals surface area contributed by atoms with E-state index in [0.29, 0.717) is 19.7 Å². The second kappa shape index (κ2) is 8.01. The summed E-state index contributed by atoms with van der Waals surface area (Å²) in [7, 11) is 0. The van der Waals surface area contributed by atoms with E-state index in [4.69, 9.17) is 4.74 Å². The van der Waals surface area contributed by atoms with E-state index in [1.807, 2.05) is 42.5 Å². The second-order valence-electron chi connectivity index (χ2n) is 5.67. The molecule has 0 radical (unpaired) electrons. The van der Waals surface area contributed by atoms with Gasteiger partial charge in [-0.05, 0) is 17.7 Å². The largest absolute Gasteiger partial charge is 0.387 e. The van der Waals surface area contributed by atoms with Crippen LogP contribution in [-0.4, -0.2) is 59.1 Å². The molecule has 6 nitrogen and oxygen atoms in total. The molecule has 0 aliphatic carbocycles. The number of hydrogen-bond acceptors (Lipinski definition) is 6. The molecule has 0 amide bonds. The van der Waals surface area contributed by atoms with E-state index in [0.717, 1.165) is 24.5 Å². The van der Waals surface area contributed by atoms with E-state index < -0.39 is 6.10 Å². The molecule has 3 rings (SSSR count). The number of morpholine rings is 1. The summed E-state index contributed by atoms with van der Waals surface area (Å²) in [5.41, 5.74) is 0.952. The minimum Gasteiger partial charge on any atom is -0.387 e. The highest BCUT2D eigenvalue weighted by atomic mass is 16.5. The molecule has 2 atom stereocenters. The molecule has 1 aliphatic heterocycles. The maximum absolute atomic E-state index is 10.4. The molecule has 1 saturated heterocycles. The summed E-state index contributed by atoms with van der Waals surface area (Å²) in [6.07, 6.45) is 1.26. The monoisotopic (exact) mass is 314 g/mol. The number of aromatic nitrogens is 2. The number of anilines is 1. The van der Waals surface area contributed by atoms with Crippen LogP contribution in [0.5, 0.6) is 0 Å². The lowest BCUT2D eigenvalue weighted by Gasteiger charge is -2.34. The molecule has 0 unspecified atom stereocenters. The quantitative estimate of drug-likeness (QED) is 0.838. The first kappa shape index (κ1) is 15.9. The topological polar surface area (TPSA) is 70.5 Å². The van der Waals surface area contributed by atoms with Crippen LogP contribution in [0.3, 0.4) is 0 Å². The molecule has 1 aromatic heterocycles. The summed E-state index contributed by atoms with van der Waals surface area (Å²) >= 11 is 0. The summed E-state index contributed by atoms with van der Waals surface area (Å²) in [5, 5.41) is 21.4. The Morgan fingerprint density at radius 3 is 2.91 bits per heavy atom. The number of aliphatic hydroxyl groups is 1. The lowest BCUT2D eigenvalue weighted by molar-refractivity contribution is -0.0344. The number of nitrogens with one attached hydrogen (secondary N) is 1. The number of benzene rings is 1. The second-order valence-corrected chi connectivity index (χ2v) is 5.67. The molecule has 6 heteroatoms. The Bertz CT molecular complexity index is 582. The van der Waals surface area contributed by atoms with Gasteiger partial charge in [0.1, 0.15) is 5.82 Å². The van der Waals surface area contributed by atoms with Crippen molar-refractivity contribution in [3.8, 4) is 0 Å². The van der Waals surface area contributed by atoms with Gasteiger partial charge in [0.2, 0.25) is 0 Å². The molecule has 23 heavy (non-hydrogen) atoms. The smallest absolute Gasteiger partial charge is 0.148 e. The van der Waals surface area contributed by atoms with Crippen LogP contribution in [0.25, 0.3) is 0 Å². The summed E-state index contributed by atoms with van der Waals surface area (Å²) < 4.78 is 5.78. The van der Waals surface area contributed by atoms with Gasteiger partial charge in [0, 0.05) is 32.4 Å². The highest BCUT2D eigenvalue weighted by Gasteiger charge is 2.22. The summed E-state index contributed by atoms with van der Waals surface area (Å²) in [6, 6.07) is 13.5. The number of ether oxygens (including phenoxy) is 1. The lowest BCUT2D eigenvalue weighted by Crippen LogP contribution is -2.46. The van der Waals surface area contributed by atoms with E-state index in [1.54, 1.807) is 6.20 Å². The van der Waals surface area contributed by atoms with Crippen molar-refractivity contribution in [1.29, 1.82) is 0 Å². The molecule has 1 aromatic carbocycles. The zero-order valence-electron chi connectivity index (χ0n) is 13.0. The van der Waals surface area contributed by atoms with Crippen molar-refractivity contribution in [2.75, 3.05) is 38.1 Å².